The molecule has 0 aromatic heterocycles. The van der Waals surface area contributed by atoms with Gasteiger partial charge in [-0.25, -0.2) is 0 Å². The first-order valence-corrected chi connectivity index (χ1v) is 6.28. The fourth-order valence-corrected chi connectivity index (χ4v) is 2.29. The molecule has 2 rings (SSSR count). The molecule has 92 valence electrons. The summed E-state index contributed by atoms with van der Waals surface area (Å²) in [6.45, 7) is 6.02. The molecule has 1 heterocycles. The van der Waals surface area contributed by atoms with Crippen molar-refractivity contribution in [2.24, 2.45) is 5.92 Å². The van der Waals surface area contributed by atoms with E-state index in [1.165, 1.54) is 12.8 Å². The Balaban J connectivity index is 2.16. The van der Waals surface area contributed by atoms with Gasteiger partial charge in [0.25, 0.3) is 0 Å². The van der Waals surface area contributed by atoms with E-state index in [1.807, 2.05) is 18.2 Å². The first-order chi connectivity index (χ1) is 8.16. The van der Waals surface area contributed by atoms with Crippen LogP contribution < -0.4 is 10.2 Å². The van der Waals surface area contributed by atoms with Crippen molar-refractivity contribution < 1.29 is 4.79 Å². The van der Waals surface area contributed by atoms with E-state index in [1.54, 1.807) is 6.92 Å². The van der Waals surface area contributed by atoms with Crippen LogP contribution in [0.15, 0.2) is 24.3 Å². The summed E-state index contributed by atoms with van der Waals surface area (Å²) in [5.74, 6) is 0.807. The molecule has 1 N–H and O–H groups in total. The lowest BCUT2D eigenvalue weighted by molar-refractivity contribution is -0.114. The molecule has 1 aliphatic heterocycles. The largest absolute Gasteiger partial charge is 0.370 e. The van der Waals surface area contributed by atoms with Gasteiger partial charge in [-0.1, -0.05) is 19.1 Å². The van der Waals surface area contributed by atoms with E-state index in [4.69, 9.17) is 0 Å². The van der Waals surface area contributed by atoms with E-state index in [0.29, 0.717) is 0 Å². The standard InChI is InChI=1S/C14H20N2O/c1-11-7-9-16(10-8-11)14-6-4-3-5-13(14)15-12(2)17/h3-6,11H,7-10H2,1-2H3,(H,15,17). The lowest BCUT2D eigenvalue weighted by Gasteiger charge is -2.33. The second kappa shape index (κ2) is 5.21. The minimum atomic E-state index is -0.0113. The summed E-state index contributed by atoms with van der Waals surface area (Å²) in [4.78, 5) is 13.5. The number of rotatable bonds is 2. The lowest BCUT2D eigenvalue weighted by atomic mass is 9.98. The maximum absolute atomic E-state index is 11.2. The molecule has 17 heavy (non-hydrogen) atoms. The quantitative estimate of drug-likeness (QED) is 0.850. The van der Waals surface area contributed by atoms with Crippen LogP contribution in [0.25, 0.3) is 0 Å². The van der Waals surface area contributed by atoms with Crippen LogP contribution in [0.2, 0.25) is 0 Å². The van der Waals surface area contributed by atoms with E-state index in [9.17, 15) is 4.79 Å². The number of carbonyl (C=O) groups is 1. The predicted octanol–water partition coefficient (Wildman–Crippen LogP) is 2.88. The van der Waals surface area contributed by atoms with Gasteiger partial charge in [-0.3, -0.25) is 4.79 Å². The number of nitrogens with one attached hydrogen (secondary N) is 1. The third-order valence-corrected chi connectivity index (χ3v) is 3.34. The Hall–Kier alpha value is -1.51. The van der Waals surface area contributed by atoms with Crippen molar-refractivity contribution in [1.29, 1.82) is 0 Å². The fourth-order valence-electron chi connectivity index (χ4n) is 2.29. The molecule has 1 amide bonds. The van der Waals surface area contributed by atoms with Gasteiger partial charge in [-0.15, -0.1) is 0 Å². The topological polar surface area (TPSA) is 32.3 Å². The number of carbonyl (C=O) groups excluding carboxylic acids is 1. The van der Waals surface area contributed by atoms with Crippen LogP contribution in [0.5, 0.6) is 0 Å². The van der Waals surface area contributed by atoms with Crippen LogP contribution in [0.3, 0.4) is 0 Å². The molecule has 1 aromatic carbocycles. The Morgan fingerprint density at radius 2 is 1.94 bits per heavy atom. The number of piperidine rings is 1. The zero-order valence-electron chi connectivity index (χ0n) is 10.6. The summed E-state index contributed by atoms with van der Waals surface area (Å²) in [6, 6.07) is 8.04. The van der Waals surface area contributed by atoms with Crippen LogP contribution in [-0.4, -0.2) is 19.0 Å². The molecule has 0 saturated carbocycles. The van der Waals surface area contributed by atoms with Gasteiger partial charge < -0.3 is 10.2 Å². The second-order valence-electron chi connectivity index (χ2n) is 4.87. The lowest BCUT2D eigenvalue weighted by Crippen LogP contribution is -2.33. The number of para-hydroxylation sites is 2. The first kappa shape index (κ1) is 12.0. The molecular formula is C14H20N2O. The fraction of sp³-hybridized carbons (Fsp3) is 0.500. The molecule has 0 bridgehead atoms. The summed E-state index contributed by atoms with van der Waals surface area (Å²) < 4.78 is 0. The smallest absolute Gasteiger partial charge is 0.221 e. The van der Waals surface area contributed by atoms with Gasteiger partial charge in [0.2, 0.25) is 5.91 Å². The highest BCUT2D eigenvalue weighted by Crippen LogP contribution is 2.29. The Morgan fingerprint density at radius 3 is 2.59 bits per heavy atom. The second-order valence-corrected chi connectivity index (χ2v) is 4.87. The number of hydrogen-bond donors (Lipinski definition) is 1. The summed E-state index contributed by atoms with van der Waals surface area (Å²) in [7, 11) is 0. The number of nitrogens with zero attached hydrogens (tertiary/aromatic N) is 1. The van der Waals surface area contributed by atoms with Gasteiger partial charge >= 0.3 is 0 Å². The average molecular weight is 232 g/mol. The summed E-state index contributed by atoms with van der Waals surface area (Å²) in [6.07, 6.45) is 2.46. The van der Waals surface area contributed by atoms with Gasteiger partial charge in [0.1, 0.15) is 0 Å². The Kier molecular flexibility index (Phi) is 3.67. The average Bonchev–Trinajstić information content (AvgIpc) is 2.30. The van der Waals surface area contributed by atoms with Crippen molar-refractivity contribution in [3.05, 3.63) is 24.3 Å². The van der Waals surface area contributed by atoms with E-state index in [2.05, 4.69) is 23.2 Å². The molecule has 0 aliphatic carbocycles. The molecule has 0 unspecified atom stereocenters. The van der Waals surface area contributed by atoms with Gasteiger partial charge in [0.05, 0.1) is 11.4 Å². The first-order valence-electron chi connectivity index (χ1n) is 6.28. The van der Waals surface area contributed by atoms with Crippen molar-refractivity contribution in [1.82, 2.24) is 0 Å². The molecule has 1 saturated heterocycles. The van der Waals surface area contributed by atoms with Crippen molar-refractivity contribution >= 4 is 17.3 Å². The summed E-state index contributed by atoms with van der Waals surface area (Å²) in [5, 5.41) is 2.90. The van der Waals surface area contributed by atoms with E-state index >= 15 is 0 Å². The highest BCUT2D eigenvalue weighted by Gasteiger charge is 2.18. The van der Waals surface area contributed by atoms with E-state index < -0.39 is 0 Å². The van der Waals surface area contributed by atoms with Crippen molar-refractivity contribution in [2.75, 3.05) is 23.3 Å². The van der Waals surface area contributed by atoms with Crippen LogP contribution in [0.1, 0.15) is 26.7 Å². The van der Waals surface area contributed by atoms with E-state index in [0.717, 1.165) is 30.4 Å². The van der Waals surface area contributed by atoms with Gasteiger partial charge in [0.15, 0.2) is 0 Å². The minimum Gasteiger partial charge on any atom is -0.370 e. The molecule has 1 fully saturated rings. The highest BCUT2D eigenvalue weighted by molar-refractivity contribution is 5.92. The van der Waals surface area contributed by atoms with E-state index in [-0.39, 0.29) is 5.91 Å². The van der Waals surface area contributed by atoms with Crippen molar-refractivity contribution in [2.45, 2.75) is 26.7 Å². The minimum absolute atomic E-state index is 0.0113. The Labute approximate surface area is 103 Å². The summed E-state index contributed by atoms with van der Waals surface area (Å²) >= 11 is 0. The zero-order valence-corrected chi connectivity index (χ0v) is 10.6. The molecule has 1 aliphatic rings. The van der Waals surface area contributed by atoms with Gasteiger partial charge in [-0.05, 0) is 30.9 Å². The highest BCUT2D eigenvalue weighted by atomic mass is 16.1. The van der Waals surface area contributed by atoms with Crippen molar-refractivity contribution in [3.8, 4) is 0 Å². The molecule has 3 heteroatoms. The molecule has 0 spiro atoms. The van der Waals surface area contributed by atoms with Gasteiger partial charge in [-0.2, -0.15) is 0 Å². The predicted molar refractivity (Wildman–Crippen MR) is 71.4 cm³/mol. The third-order valence-electron chi connectivity index (χ3n) is 3.34. The number of amides is 1. The maximum Gasteiger partial charge on any atom is 0.221 e. The maximum atomic E-state index is 11.2. The SMILES string of the molecule is CC(=O)Nc1ccccc1N1CCC(C)CC1. The number of anilines is 2. The normalized spacial score (nSPS) is 16.9. The Morgan fingerprint density at radius 1 is 1.29 bits per heavy atom. The van der Waals surface area contributed by atoms with Gasteiger partial charge in [0, 0.05) is 20.0 Å². The number of hydrogen-bond acceptors (Lipinski definition) is 2. The molecule has 0 radical (unpaired) electrons. The van der Waals surface area contributed by atoms with Crippen molar-refractivity contribution in [3.63, 3.8) is 0 Å². The zero-order chi connectivity index (χ0) is 12.3. The third kappa shape index (κ3) is 2.99. The molecular weight excluding hydrogens is 212 g/mol. The summed E-state index contributed by atoms with van der Waals surface area (Å²) in [5.41, 5.74) is 2.07. The van der Waals surface area contributed by atoms with Crippen LogP contribution >= 0.6 is 0 Å². The number of benzene rings is 1. The molecule has 1 aromatic rings. The monoisotopic (exact) mass is 232 g/mol. The van der Waals surface area contributed by atoms with Crippen LogP contribution in [0.4, 0.5) is 11.4 Å². The molecule has 3 nitrogen and oxygen atoms in total. The Bertz CT molecular complexity index is 395. The van der Waals surface area contributed by atoms with Crippen LogP contribution in [0, 0.1) is 5.92 Å². The molecule has 0 atom stereocenters. The van der Waals surface area contributed by atoms with Crippen LogP contribution in [-0.2, 0) is 4.79 Å².